The maximum atomic E-state index is 5.62. The molecule has 0 radical (unpaired) electrons. The van der Waals surface area contributed by atoms with E-state index in [0.29, 0.717) is 5.82 Å². The molecule has 6 heteroatoms. The maximum absolute atomic E-state index is 5.62. The average Bonchev–Trinajstić information content (AvgIpc) is 2.82. The van der Waals surface area contributed by atoms with Gasteiger partial charge in [0.25, 0.3) is 0 Å². The molecule has 0 aliphatic carbocycles. The van der Waals surface area contributed by atoms with Crippen LogP contribution in [0.2, 0.25) is 0 Å². The molecule has 74 valence electrons. The van der Waals surface area contributed by atoms with E-state index >= 15 is 0 Å². The molecular formula is C9H8N6. The number of nitrogens with one attached hydrogen (secondary N) is 1. The van der Waals surface area contributed by atoms with Gasteiger partial charge >= 0.3 is 0 Å². The molecule has 0 atom stereocenters. The van der Waals surface area contributed by atoms with Crippen molar-refractivity contribution < 1.29 is 0 Å². The zero-order valence-corrected chi connectivity index (χ0v) is 7.75. The second-order valence-electron chi connectivity index (χ2n) is 3.15. The highest BCUT2D eigenvalue weighted by Crippen LogP contribution is 2.20. The standard InChI is InChI=1S/C9H8N6/c10-8-5-15-9(13-8)6(1-4-12-15)7-2-3-11-14-7/h1-5H,10H2,(H,11,14). The average molecular weight is 200 g/mol. The van der Waals surface area contributed by atoms with Crippen LogP contribution in [-0.4, -0.2) is 24.8 Å². The molecule has 0 bridgehead atoms. The molecule has 0 fully saturated rings. The molecule has 0 saturated carbocycles. The van der Waals surface area contributed by atoms with Gasteiger partial charge in [0.2, 0.25) is 0 Å². The highest BCUT2D eigenvalue weighted by Gasteiger charge is 2.07. The molecule has 0 aliphatic rings. The zero-order chi connectivity index (χ0) is 10.3. The van der Waals surface area contributed by atoms with Gasteiger partial charge in [0.05, 0.1) is 11.9 Å². The van der Waals surface area contributed by atoms with Crippen LogP contribution < -0.4 is 5.73 Å². The lowest BCUT2D eigenvalue weighted by molar-refractivity contribution is 0.936. The Kier molecular flexibility index (Phi) is 1.49. The molecule has 0 aromatic carbocycles. The number of imidazole rings is 1. The lowest BCUT2D eigenvalue weighted by atomic mass is 10.2. The van der Waals surface area contributed by atoms with Crippen LogP contribution in [0, 0.1) is 0 Å². The van der Waals surface area contributed by atoms with E-state index in [0.717, 1.165) is 16.9 Å². The quantitative estimate of drug-likeness (QED) is 0.605. The van der Waals surface area contributed by atoms with E-state index < -0.39 is 0 Å². The van der Waals surface area contributed by atoms with E-state index in [1.165, 1.54) is 0 Å². The monoisotopic (exact) mass is 200 g/mol. The lowest BCUT2D eigenvalue weighted by Gasteiger charge is -1.98. The Morgan fingerprint density at radius 2 is 2.20 bits per heavy atom. The summed E-state index contributed by atoms with van der Waals surface area (Å²) in [6, 6.07) is 3.75. The van der Waals surface area contributed by atoms with Crippen LogP contribution in [0.4, 0.5) is 5.82 Å². The van der Waals surface area contributed by atoms with Crippen LogP contribution >= 0.6 is 0 Å². The summed E-state index contributed by atoms with van der Waals surface area (Å²) in [6.45, 7) is 0. The van der Waals surface area contributed by atoms with Crippen LogP contribution in [0.25, 0.3) is 16.9 Å². The molecule has 15 heavy (non-hydrogen) atoms. The molecule has 3 N–H and O–H groups in total. The number of nitrogens with two attached hydrogens (primary N) is 1. The Labute approximate surface area is 84.8 Å². The fraction of sp³-hybridized carbons (Fsp3) is 0. The minimum Gasteiger partial charge on any atom is -0.382 e. The number of aromatic nitrogens is 5. The van der Waals surface area contributed by atoms with E-state index in [2.05, 4.69) is 20.3 Å². The largest absolute Gasteiger partial charge is 0.382 e. The van der Waals surface area contributed by atoms with Crippen molar-refractivity contribution in [1.29, 1.82) is 0 Å². The molecule has 3 heterocycles. The Bertz CT molecular complexity index is 594. The molecule has 0 saturated heterocycles. The molecular weight excluding hydrogens is 192 g/mol. The van der Waals surface area contributed by atoms with Gasteiger partial charge in [0, 0.05) is 18.0 Å². The molecule has 6 nitrogen and oxygen atoms in total. The van der Waals surface area contributed by atoms with Crippen molar-refractivity contribution in [2.24, 2.45) is 0 Å². The number of aromatic amines is 1. The zero-order valence-electron chi connectivity index (χ0n) is 7.75. The summed E-state index contributed by atoms with van der Waals surface area (Å²) >= 11 is 0. The van der Waals surface area contributed by atoms with E-state index in [-0.39, 0.29) is 0 Å². The Morgan fingerprint density at radius 3 is 3.00 bits per heavy atom. The first-order valence-electron chi connectivity index (χ1n) is 4.44. The SMILES string of the molecule is Nc1cn2nccc(-c3ccn[nH]3)c2n1. The number of hydrogen-bond donors (Lipinski definition) is 2. The van der Waals surface area contributed by atoms with Crippen molar-refractivity contribution in [2.75, 3.05) is 5.73 Å². The summed E-state index contributed by atoms with van der Waals surface area (Å²) in [5.74, 6) is 0.453. The fourth-order valence-electron chi connectivity index (χ4n) is 1.53. The number of fused-ring (bicyclic) bond motifs is 1. The van der Waals surface area contributed by atoms with Gasteiger partial charge in [-0.2, -0.15) is 10.2 Å². The normalized spacial score (nSPS) is 10.9. The summed E-state index contributed by atoms with van der Waals surface area (Å²) in [5.41, 5.74) is 8.16. The molecule has 0 amide bonds. The summed E-state index contributed by atoms with van der Waals surface area (Å²) in [7, 11) is 0. The molecule has 3 aromatic rings. The third kappa shape index (κ3) is 1.15. The Hall–Kier alpha value is -2.37. The summed E-state index contributed by atoms with van der Waals surface area (Å²) in [6.07, 6.45) is 5.07. The first-order chi connectivity index (χ1) is 7.34. The van der Waals surface area contributed by atoms with Gasteiger partial charge in [-0.05, 0) is 12.1 Å². The van der Waals surface area contributed by atoms with E-state index in [9.17, 15) is 0 Å². The summed E-state index contributed by atoms with van der Waals surface area (Å²) in [4.78, 5) is 4.20. The number of H-pyrrole nitrogens is 1. The highest BCUT2D eigenvalue weighted by atomic mass is 15.3. The number of nitrogens with zero attached hydrogens (tertiary/aromatic N) is 4. The molecule has 3 aromatic heterocycles. The maximum Gasteiger partial charge on any atom is 0.165 e. The third-order valence-electron chi connectivity index (χ3n) is 2.17. The van der Waals surface area contributed by atoms with Gasteiger partial charge in [-0.1, -0.05) is 0 Å². The van der Waals surface area contributed by atoms with Crippen LogP contribution in [0.5, 0.6) is 0 Å². The summed E-state index contributed by atoms with van der Waals surface area (Å²) < 4.78 is 1.64. The first kappa shape index (κ1) is 7.98. The fourth-order valence-corrected chi connectivity index (χ4v) is 1.53. The van der Waals surface area contributed by atoms with Gasteiger partial charge in [-0.15, -0.1) is 0 Å². The molecule has 0 unspecified atom stereocenters. The molecule has 0 spiro atoms. The van der Waals surface area contributed by atoms with Crippen molar-refractivity contribution in [2.45, 2.75) is 0 Å². The molecule has 0 aliphatic heterocycles. The smallest absolute Gasteiger partial charge is 0.165 e. The third-order valence-corrected chi connectivity index (χ3v) is 2.17. The van der Waals surface area contributed by atoms with Gasteiger partial charge in [-0.3, -0.25) is 5.10 Å². The highest BCUT2D eigenvalue weighted by molar-refractivity contribution is 5.75. The van der Waals surface area contributed by atoms with Crippen molar-refractivity contribution in [3.05, 3.63) is 30.7 Å². The lowest BCUT2D eigenvalue weighted by Crippen LogP contribution is -1.91. The number of rotatable bonds is 1. The van der Waals surface area contributed by atoms with Crippen molar-refractivity contribution in [1.82, 2.24) is 24.8 Å². The number of hydrogen-bond acceptors (Lipinski definition) is 4. The van der Waals surface area contributed by atoms with Gasteiger partial charge in [0.1, 0.15) is 5.82 Å². The summed E-state index contributed by atoms with van der Waals surface area (Å²) in [5, 5.41) is 10.9. The molecule has 3 rings (SSSR count). The first-order valence-corrected chi connectivity index (χ1v) is 4.44. The predicted molar refractivity (Wildman–Crippen MR) is 55.0 cm³/mol. The second kappa shape index (κ2) is 2.81. The Balaban J connectivity index is 2.35. The van der Waals surface area contributed by atoms with Crippen molar-refractivity contribution in [3.63, 3.8) is 0 Å². The van der Waals surface area contributed by atoms with Gasteiger partial charge in [0.15, 0.2) is 5.65 Å². The minimum atomic E-state index is 0.453. The minimum absolute atomic E-state index is 0.453. The second-order valence-corrected chi connectivity index (χ2v) is 3.15. The number of nitrogen functional groups attached to an aromatic ring is 1. The van der Waals surface area contributed by atoms with E-state index in [1.807, 2.05) is 12.1 Å². The van der Waals surface area contributed by atoms with Crippen LogP contribution in [0.15, 0.2) is 30.7 Å². The van der Waals surface area contributed by atoms with Gasteiger partial charge < -0.3 is 5.73 Å². The van der Waals surface area contributed by atoms with Crippen LogP contribution in [0.1, 0.15) is 0 Å². The van der Waals surface area contributed by atoms with Gasteiger partial charge in [-0.25, -0.2) is 9.50 Å². The van der Waals surface area contributed by atoms with Crippen LogP contribution in [0.3, 0.4) is 0 Å². The van der Waals surface area contributed by atoms with Crippen molar-refractivity contribution in [3.8, 4) is 11.3 Å². The van der Waals surface area contributed by atoms with E-state index in [1.54, 1.807) is 23.1 Å². The van der Waals surface area contributed by atoms with E-state index in [4.69, 9.17) is 5.73 Å². The van der Waals surface area contributed by atoms with Crippen molar-refractivity contribution >= 4 is 11.5 Å². The number of anilines is 1. The topological polar surface area (TPSA) is 84.9 Å². The predicted octanol–water partition coefficient (Wildman–Crippen LogP) is 0.702. The van der Waals surface area contributed by atoms with Crippen LogP contribution in [-0.2, 0) is 0 Å². The Morgan fingerprint density at radius 1 is 1.27 bits per heavy atom.